The zero-order valence-corrected chi connectivity index (χ0v) is 19.9. The number of amides is 2. The van der Waals surface area contributed by atoms with Crippen molar-refractivity contribution >= 4 is 33.2 Å². The van der Waals surface area contributed by atoms with Crippen molar-refractivity contribution in [2.24, 2.45) is 0 Å². The maximum absolute atomic E-state index is 13.3. The van der Waals surface area contributed by atoms with Crippen molar-refractivity contribution in [2.75, 3.05) is 49.1 Å². The monoisotopic (exact) mass is 474 g/mol. The molecule has 2 N–H and O–H groups in total. The Kier molecular flexibility index (Phi) is 7.93. The maximum atomic E-state index is 13.3. The topological polar surface area (TPSA) is 108 Å². The minimum Gasteiger partial charge on any atom is -0.494 e. The van der Waals surface area contributed by atoms with E-state index in [1.54, 1.807) is 11.0 Å². The van der Waals surface area contributed by atoms with Gasteiger partial charge in [-0.3, -0.25) is 19.2 Å². The highest BCUT2D eigenvalue weighted by molar-refractivity contribution is 7.92. The molecule has 10 heteroatoms. The van der Waals surface area contributed by atoms with Gasteiger partial charge in [0.1, 0.15) is 5.75 Å². The van der Waals surface area contributed by atoms with Gasteiger partial charge in [0.2, 0.25) is 15.9 Å². The van der Waals surface area contributed by atoms with Gasteiger partial charge in [-0.15, -0.1) is 0 Å². The molecule has 9 nitrogen and oxygen atoms in total. The molecule has 1 saturated heterocycles. The number of benzene rings is 2. The van der Waals surface area contributed by atoms with Crippen LogP contribution in [0.25, 0.3) is 0 Å². The summed E-state index contributed by atoms with van der Waals surface area (Å²) >= 11 is 0. The summed E-state index contributed by atoms with van der Waals surface area (Å²) in [6.07, 6.45) is 1.03. The van der Waals surface area contributed by atoms with E-state index in [1.165, 1.54) is 24.6 Å². The van der Waals surface area contributed by atoms with E-state index in [2.05, 4.69) is 14.9 Å². The van der Waals surface area contributed by atoms with Gasteiger partial charge in [-0.25, -0.2) is 8.42 Å². The van der Waals surface area contributed by atoms with Gasteiger partial charge in [-0.05, 0) is 42.8 Å². The summed E-state index contributed by atoms with van der Waals surface area (Å²) < 4.78 is 31.4. The van der Waals surface area contributed by atoms with Crippen LogP contribution in [0.2, 0.25) is 0 Å². The molecule has 1 fully saturated rings. The fourth-order valence-corrected chi connectivity index (χ4v) is 4.26. The highest BCUT2D eigenvalue weighted by Gasteiger charge is 2.25. The zero-order chi connectivity index (χ0) is 24.0. The van der Waals surface area contributed by atoms with Crippen molar-refractivity contribution in [3.05, 3.63) is 53.6 Å². The molecule has 0 saturated carbocycles. The van der Waals surface area contributed by atoms with Gasteiger partial charge >= 0.3 is 0 Å². The summed E-state index contributed by atoms with van der Waals surface area (Å²) in [5.41, 5.74) is 1.99. The first-order chi connectivity index (χ1) is 15.6. The van der Waals surface area contributed by atoms with E-state index >= 15 is 0 Å². The van der Waals surface area contributed by atoms with E-state index in [0.29, 0.717) is 38.5 Å². The number of hydrogen-bond donors (Lipinski definition) is 2. The van der Waals surface area contributed by atoms with E-state index < -0.39 is 10.0 Å². The minimum absolute atomic E-state index is 0.188. The molecular formula is C23H30N4O5S. The third-order valence-corrected chi connectivity index (χ3v) is 5.76. The predicted octanol–water partition coefficient (Wildman–Crippen LogP) is 2.37. The lowest BCUT2D eigenvalue weighted by Crippen LogP contribution is -2.48. The lowest BCUT2D eigenvalue weighted by Gasteiger charge is -2.35. The third-order valence-electron chi connectivity index (χ3n) is 5.17. The van der Waals surface area contributed by atoms with Gasteiger partial charge in [0.15, 0.2) is 0 Å². The van der Waals surface area contributed by atoms with E-state index in [9.17, 15) is 18.0 Å². The van der Waals surface area contributed by atoms with E-state index in [0.717, 1.165) is 18.6 Å². The Morgan fingerprint density at radius 1 is 1.03 bits per heavy atom. The molecule has 3 rings (SSSR count). The lowest BCUT2D eigenvalue weighted by molar-refractivity contribution is -0.114. The number of piperazine rings is 1. The smallest absolute Gasteiger partial charge is 0.256 e. The van der Waals surface area contributed by atoms with Crippen LogP contribution in [-0.4, -0.2) is 69.1 Å². The number of carbonyl (C=O) groups is 2. The van der Waals surface area contributed by atoms with Gasteiger partial charge in [0, 0.05) is 45.3 Å². The van der Waals surface area contributed by atoms with Gasteiger partial charge in [-0.2, -0.15) is 0 Å². The number of nitrogens with zero attached hydrogens (tertiary/aromatic N) is 2. The molecule has 1 aliphatic heterocycles. The van der Waals surface area contributed by atoms with Crippen molar-refractivity contribution in [1.29, 1.82) is 0 Å². The van der Waals surface area contributed by atoms with Crippen molar-refractivity contribution in [3.63, 3.8) is 0 Å². The van der Waals surface area contributed by atoms with Crippen LogP contribution in [0.5, 0.6) is 5.75 Å². The molecule has 0 radical (unpaired) electrons. The van der Waals surface area contributed by atoms with Crippen LogP contribution in [0, 0.1) is 0 Å². The molecule has 0 atom stereocenters. The second-order valence-electron chi connectivity index (χ2n) is 7.96. The summed E-state index contributed by atoms with van der Waals surface area (Å²) in [5, 5.41) is 2.64. The Morgan fingerprint density at radius 3 is 2.27 bits per heavy atom. The first kappa shape index (κ1) is 24.5. The van der Waals surface area contributed by atoms with E-state index in [1.807, 2.05) is 31.2 Å². The second-order valence-corrected chi connectivity index (χ2v) is 9.71. The minimum atomic E-state index is -3.58. The molecule has 0 aliphatic carbocycles. The fourth-order valence-electron chi connectivity index (χ4n) is 3.69. The number of carbonyl (C=O) groups excluding carboxylic acids is 2. The Hall–Kier alpha value is -3.11. The average molecular weight is 475 g/mol. The van der Waals surface area contributed by atoms with E-state index in [-0.39, 0.29) is 23.1 Å². The number of rotatable bonds is 8. The summed E-state index contributed by atoms with van der Waals surface area (Å²) in [4.78, 5) is 28.6. The number of ether oxygens (including phenoxy) is 1. The number of sulfonamides is 1. The molecule has 2 amide bonds. The largest absolute Gasteiger partial charge is 0.494 e. The molecule has 0 aromatic heterocycles. The van der Waals surface area contributed by atoms with Crippen LogP contribution in [-0.2, 0) is 21.4 Å². The van der Waals surface area contributed by atoms with Crippen molar-refractivity contribution in [2.45, 2.75) is 20.4 Å². The molecule has 1 aliphatic rings. The van der Waals surface area contributed by atoms with E-state index in [4.69, 9.17) is 4.74 Å². The molecule has 2 aromatic rings. The first-order valence-electron chi connectivity index (χ1n) is 10.8. The number of anilines is 2. The van der Waals surface area contributed by atoms with Crippen LogP contribution in [0.3, 0.4) is 0 Å². The highest BCUT2D eigenvalue weighted by Crippen LogP contribution is 2.24. The Labute approximate surface area is 194 Å². The molecule has 2 aromatic carbocycles. The third kappa shape index (κ3) is 7.19. The standard InChI is InChI=1S/C23H30N4O5S/c1-4-32-20-8-5-18(6-9-20)16-26-11-13-27(14-12-26)23(29)21-15-19(24-17(2)28)7-10-22(21)25-33(3,30)31/h5-10,15,25H,4,11-14,16H2,1-3H3,(H,24,28). The Morgan fingerprint density at radius 2 is 1.70 bits per heavy atom. The predicted molar refractivity (Wildman–Crippen MR) is 128 cm³/mol. The normalized spacial score (nSPS) is 14.6. The quantitative estimate of drug-likeness (QED) is 0.608. The van der Waals surface area contributed by atoms with Crippen LogP contribution < -0.4 is 14.8 Å². The summed E-state index contributed by atoms with van der Waals surface area (Å²) in [7, 11) is -3.58. The van der Waals surface area contributed by atoms with Crippen LogP contribution in [0.15, 0.2) is 42.5 Å². The van der Waals surface area contributed by atoms with Crippen LogP contribution in [0.1, 0.15) is 29.8 Å². The molecular weight excluding hydrogens is 444 g/mol. The number of nitrogens with one attached hydrogen (secondary N) is 2. The fraction of sp³-hybridized carbons (Fsp3) is 0.391. The maximum Gasteiger partial charge on any atom is 0.256 e. The summed E-state index contributed by atoms with van der Waals surface area (Å²) in [6, 6.07) is 12.5. The Bertz CT molecular complexity index is 1090. The summed E-state index contributed by atoms with van der Waals surface area (Å²) in [5.74, 6) is 0.283. The Balaban J connectivity index is 1.68. The molecule has 33 heavy (non-hydrogen) atoms. The molecule has 178 valence electrons. The van der Waals surface area contributed by atoms with Crippen molar-refractivity contribution in [1.82, 2.24) is 9.80 Å². The zero-order valence-electron chi connectivity index (χ0n) is 19.1. The first-order valence-corrected chi connectivity index (χ1v) is 12.7. The van der Waals surface area contributed by atoms with Gasteiger partial charge in [-0.1, -0.05) is 12.1 Å². The highest BCUT2D eigenvalue weighted by atomic mass is 32.2. The van der Waals surface area contributed by atoms with Crippen molar-refractivity contribution in [3.8, 4) is 5.75 Å². The number of hydrogen-bond acceptors (Lipinski definition) is 6. The van der Waals surface area contributed by atoms with Crippen LogP contribution >= 0.6 is 0 Å². The average Bonchev–Trinajstić information content (AvgIpc) is 2.75. The molecule has 0 unspecified atom stereocenters. The SMILES string of the molecule is CCOc1ccc(CN2CCN(C(=O)c3cc(NC(C)=O)ccc3NS(C)(=O)=O)CC2)cc1. The van der Waals surface area contributed by atoms with Gasteiger partial charge in [0.25, 0.3) is 5.91 Å². The second kappa shape index (κ2) is 10.7. The van der Waals surface area contributed by atoms with Gasteiger partial charge in [0.05, 0.1) is 24.1 Å². The van der Waals surface area contributed by atoms with Crippen molar-refractivity contribution < 1.29 is 22.7 Å². The van der Waals surface area contributed by atoms with Crippen LogP contribution in [0.4, 0.5) is 11.4 Å². The molecule has 0 bridgehead atoms. The molecule has 0 spiro atoms. The summed E-state index contributed by atoms with van der Waals surface area (Å²) in [6.45, 7) is 7.13. The molecule has 1 heterocycles. The van der Waals surface area contributed by atoms with Gasteiger partial charge < -0.3 is 15.0 Å². The lowest BCUT2D eigenvalue weighted by atomic mass is 10.1.